The zero-order chi connectivity index (χ0) is 15.5. The van der Waals surface area contributed by atoms with Crippen LogP contribution in [0.5, 0.6) is 0 Å². The molecular formula is C14H15NO4S2. The van der Waals surface area contributed by atoms with E-state index in [0.717, 1.165) is 0 Å². The minimum absolute atomic E-state index is 0.0602. The van der Waals surface area contributed by atoms with Crippen molar-refractivity contribution in [2.45, 2.75) is 17.9 Å². The number of sulfonamides is 1. The lowest BCUT2D eigenvalue weighted by molar-refractivity contribution is 0.101. The summed E-state index contributed by atoms with van der Waals surface area (Å²) in [7, 11) is -3.71. The summed E-state index contributed by atoms with van der Waals surface area (Å²) in [6.07, 6.45) is -0.887. The van der Waals surface area contributed by atoms with Gasteiger partial charge >= 0.3 is 0 Å². The predicted octanol–water partition coefficient (Wildman–Crippen LogP) is 1.96. The number of nitrogens with one attached hydrogen (secondary N) is 1. The number of aliphatic hydroxyl groups is 1. The third kappa shape index (κ3) is 3.98. The van der Waals surface area contributed by atoms with Crippen LogP contribution in [0, 0.1) is 0 Å². The van der Waals surface area contributed by atoms with E-state index in [2.05, 4.69) is 4.72 Å². The lowest BCUT2D eigenvalue weighted by Gasteiger charge is -2.11. The molecule has 1 unspecified atom stereocenters. The second-order valence-corrected chi connectivity index (χ2v) is 7.05. The maximum atomic E-state index is 12.1. The Bertz CT molecular complexity index is 706. The van der Waals surface area contributed by atoms with Gasteiger partial charge in [-0.1, -0.05) is 12.1 Å². The number of Topliss-reactive ketones (excluding diaryl/α,β-unsaturated/α-hetero) is 1. The molecule has 0 saturated heterocycles. The zero-order valence-electron chi connectivity index (χ0n) is 11.3. The van der Waals surface area contributed by atoms with Crippen LogP contribution in [-0.2, 0) is 10.0 Å². The Hall–Kier alpha value is -1.54. The Kier molecular flexibility index (Phi) is 4.89. The minimum atomic E-state index is -3.71. The monoisotopic (exact) mass is 325 g/mol. The normalized spacial score (nSPS) is 13.0. The van der Waals surface area contributed by atoms with Crippen LogP contribution in [0.15, 0.2) is 46.0 Å². The summed E-state index contributed by atoms with van der Waals surface area (Å²) in [5.74, 6) is -0.125. The summed E-state index contributed by atoms with van der Waals surface area (Å²) < 4.78 is 26.5. The summed E-state index contributed by atoms with van der Waals surface area (Å²) in [5.41, 5.74) is 1.13. The van der Waals surface area contributed by atoms with E-state index in [1.165, 1.54) is 42.5 Å². The first kappa shape index (κ1) is 15.8. The highest BCUT2D eigenvalue weighted by Gasteiger charge is 2.17. The molecule has 1 aromatic carbocycles. The van der Waals surface area contributed by atoms with Gasteiger partial charge in [-0.25, -0.2) is 13.1 Å². The number of carbonyl (C=O) groups excluding carboxylic acids is 1. The molecular weight excluding hydrogens is 310 g/mol. The van der Waals surface area contributed by atoms with Crippen molar-refractivity contribution in [3.63, 3.8) is 0 Å². The number of ketones is 1. The van der Waals surface area contributed by atoms with Gasteiger partial charge in [-0.3, -0.25) is 4.79 Å². The molecule has 0 spiro atoms. The van der Waals surface area contributed by atoms with Crippen molar-refractivity contribution in [2.24, 2.45) is 0 Å². The number of hydrogen-bond acceptors (Lipinski definition) is 5. The van der Waals surface area contributed by atoms with Crippen LogP contribution in [0.25, 0.3) is 0 Å². The second kappa shape index (κ2) is 6.48. The van der Waals surface area contributed by atoms with E-state index in [1.54, 1.807) is 11.4 Å². The fourth-order valence-corrected chi connectivity index (χ4v) is 3.47. The molecule has 0 saturated carbocycles. The predicted molar refractivity (Wildman–Crippen MR) is 80.9 cm³/mol. The first-order valence-corrected chi connectivity index (χ1v) is 8.63. The fourth-order valence-electron chi connectivity index (χ4n) is 1.72. The zero-order valence-corrected chi connectivity index (χ0v) is 12.9. The van der Waals surface area contributed by atoms with Gasteiger partial charge in [-0.2, -0.15) is 11.3 Å². The van der Waals surface area contributed by atoms with Crippen LogP contribution in [0.2, 0.25) is 0 Å². The molecule has 2 N–H and O–H groups in total. The molecule has 112 valence electrons. The SMILES string of the molecule is CC(=O)c1ccc(S(=O)(=O)NCC(O)c2ccsc2)cc1. The van der Waals surface area contributed by atoms with Crippen LogP contribution in [0.4, 0.5) is 0 Å². The first-order valence-electron chi connectivity index (χ1n) is 6.21. The highest BCUT2D eigenvalue weighted by Crippen LogP contribution is 2.17. The highest BCUT2D eigenvalue weighted by atomic mass is 32.2. The molecule has 0 aliphatic carbocycles. The molecule has 2 rings (SSSR count). The summed E-state index contributed by atoms with van der Waals surface area (Å²) in [4.78, 5) is 11.2. The Balaban J connectivity index is 2.06. The Morgan fingerprint density at radius 1 is 1.29 bits per heavy atom. The fraction of sp³-hybridized carbons (Fsp3) is 0.214. The van der Waals surface area contributed by atoms with Gasteiger partial charge in [0.15, 0.2) is 5.78 Å². The van der Waals surface area contributed by atoms with Crippen LogP contribution in [-0.4, -0.2) is 25.9 Å². The molecule has 0 bridgehead atoms. The number of thiophene rings is 1. The molecule has 1 heterocycles. The molecule has 0 fully saturated rings. The number of benzene rings is 1. The molecule has 7 heteroatoms. The van der Waals surface area contributed by atoms with Gasteiger partial charge in [0.2, 0.25) is 10.0 Å². The molecule has 0 amide bonds. The minimum Gasteiger partial charge on any atom is -0.387 e. The van der Waals surface area contributed by atoms with Crippen molar-refractivity contribution in [1.29, 1.82) is 0 Å². The Morgan fingerprint density at radius 2 is 1.95 bits per heavy atom. The number of carbonyl (C=O) groups is 1. The van der Waals surface area contributed by atoms with Gasteiger partial charge in [0.05, 0.1) is 11.0 Å². The lowest BCUT2D eigenvalue weighted by Crippen LogP contribution is -2.28. The lowest BCUT2D eigenvalue weighted by atomic mass is 10.2. The molecule has 0 aliphatic heterocycles. The standard InChI is InChI=1S/C14H15NO4S2/c1-10(16)11-2-4-13(5-3-11)21(18,19)15-8-14(17)12-6-7-20-9-12/h2-7,9,14-15,17H,8H2,1H3. The molecule has 1 atom stereocenters. The third-order valence-corrected chi connectivity index (χ3v) is 5.11. The largest absolute Gasteiger partial charge is 0.387 e. The molecule has 5 nitrogen and oxygen atoms in total. The van der Waals surface area contributed by atoms with Crippen LogP contribution in [0.1, 0.15) is 28.9 Å². The quantitative estimate of drug-likeness (QED) is 0.795. The number of aliphatic hydroxyl groups excluding tert-OH is 1. The van der Waals surface area contributed by atoms with Crippen molar-refractivity contribution >= 4 is 27.1 Å². The molecule has 1 aromatic heterocycles. The average Bonchev–Trinajstić information content (AvgIpc) is 2.99. The smallest absolute Gasteiger partial charge is 0.240 e. The van der Waals surface area contributed by atoms with Crippen molar-refractivity contribution in [1.82, 2.24) is 4.72 Å². The molecule has 21 heavy (non-hydrogen) atoms. The number of rotatable bonds is 6. The highest BCUT2D eigenvalue weighted by molar-refractivity contribution is 7.89. The van der Waals surface area contributed by atoms with Crippen LogP contribution in [0.3, 0.4) is 0 Å². The van der Waals surface area contributed by atoms with E-state index in [1.807, 2.05) is 5.38 Å². The van der Waals surface area contributed by atoms with Gasteiger partial charge in [0.1, 0.15) is 0 Å². The molecule has 0 aliphatic rings. The molecule has 0 radical (unpaired) electrons. The number of hydrogen-bond donors (Lipinski definition) is 2. The molecule has 2 aromatic rings. The van der Waals surface area contributed by atoms with E-state index in [9.17, 15) is 18.3 Å². The maximum Gasteiger partial charge on any atom is 0.240 e. The van der Waals surface area contributed by atoms with Gasteiger partial charge in [-0.05, 0) is 41.4 Å². The second-order valence-electron chi connectivity index (χ2n) is 4.50. The van der Waals surface area contributed by atoms with Gasteiger partial charge in [-0.15, -0.1) is 0 Å². The maximum absolute atomic E-state index is 12.1. The van der Waals surface area contributed by atoms with Crippen molar-refractivity contribution in [2.75, 3.05) is 6.54 Å². The van der Waals surface area contributed by atoms with E-state index < -0.39 is 16.1 Å². The van der Waals surface area contributed by atoms with Crippen molar-refractivity contribution in [3.05, 3.63) is 52.2 Å². The van der Waals surface area contributed by atoms with Crippen LogP contribution < -0.4 is 4.72 Å². The summed E-state index contributed by atoms with van der Waals surface area (Å²) in [5, 5.41) is 13.4. The van der Waals surface area contributed by atoms with E-state index in [-0.39, 0.29) is 17.2 Å². The summed E-state index contributed by atoms with van der Waals surface area (Å²) in [6.45, 7) is 1.31. The van der Waals surface area contributed by atoms with E-state index >= 15 is 0 Å². The summed E-state index contributed by atoms with van der Waals surface area (Å²) >= 11 is 1.43. The van der Waals surface area contributed by atoms with E-state index in [0.29, 0.717) is 11.1 Å². The van der Waals surface area contributed by atoms with E-state index in [4.69, 9.17) is 0 Å². The Labute approximate surface area is 127 Å². The van der Waals surface area contributed by atoms with Crippen molar-refractivity contribution < 1.29 is 18.3 Å². The van der Waals surface area contributed by atoms with Crippen molar-refractivity contribution in [3.8, 4) is 0 Å². The average molecular weight is 325 g/mol. The van der Waals surface area contributed by atoms with Gasteiger partial charge in [0, 0.05) is 12.1 Å². The Morgan fingerprint density at radius 3 is 2.48 bits per heavy atom. The topological polar surface area (TPSA) is 83.5 Å². The van der Waals surface area contributed by atoms with Gasteiger partial charge in [0.25, 0.3) is 0 Å². The summed E-state index contributed by atoms with van der Waals surface area (Å²) in [6, 6.07) is 7.41. The first-order chi connectivity index (χ1) is 9.90. The van der Waals surface area contributed by atoms with Crippen LogP contribution >= 0.6 is 11.3 Å². The van der Waals surface area contributed by atoms with Gasteiger partial charge < -0.3 is 5.11 Å². The third-order valence-electron chi connectivity index (χ3n) is 2.97.